The maximum Gasteiger partial charge on any atom is 0.322 e. The molecule has 1 aromatic heterocycles. The van der Waals surface area contributed by atoms with Crippen LogP contribution in [0.15, 0.2) is 35.3 Å². The lowest BCUT2D eigenvalue weighted by Gasteiger charge is -2.32. The van der Waals surface area contributed by atoms with Crippen molar-refractivity contribution in [3.63, 3.8) is 0 Å². The van der Waals surface area contributed by atoms with Crippen LogP contribution < -0.4 is 16.2 Å². The minimum Gasteiger partial charge on any atom is -0.331 e. The number of nitrogens with zero attached hydrogens (tertiary/aromatic N) is 1. The first-order valence-electron chi connectivity index (χ1n) is 8.21. The van der Waals surface area contributed by atoms with Crippen LogP contribution >= 0.6 is 0 Å². The summed E-state index contributed by atoms with van der Waals surface area (Å²) in [5.41, 5.74) is -0.208. The number of rotatable bonds is 3. The number of aromatic nitrogens is 1. The summed E-state index contributed by atoms with van der Waals surface area (Å²) >= 11 is 0. The Balaban J connectivity index is 1.76. The minimum absolute atomic E-state index is 0.154. The summed E-state index contributed by atoms with van der Waals surface area (Å²) in [6.45, 7) is 1.64. The van der Waals surface area contributed by atoms with Crippen molar-refractivity contribution in [1.29, 1.82) is 0 Å². The number of hydrogen-bond acceptors (Lipinski definition) is 4. The molecule has 138 valence electrons. The van der Waals surface area contributed by atoms with Crippen molar-refractivity contribution in [2.75, 3.05) is 6.54 Å². The van der Waals surface area contributed by atoms with Crippen LogP contribution in [0, 0.1) is 12.7 Å². The van der Waals surface area contributed by atoms with Crippen LogP contribution in [-0.4, -0.2) is 34.3 Å². The highest BCUT2D eigenvalue weighted by Gasteiger charge is 2.51. The van der Waals surface area contributed by atoms with Gasteiger partial charge in [-0.05, 0) is 30.2 Å². The topological polar surface area (TPSA) is 111 Å². The van der Waals surface area contributed by atoms with Crippen molar-refractivity contribution < 1.29 is 18.8 Å². The van der Waals surface area contributed by atoms with E-state index in [0.29, 0.717) is 16.7 Å². The number of H-pyrrole nitrogens is 1. The molecular weight excluding hydrogens is 355 g/mol. The molecule has 4 rings (SSSR count). The number of amides is 4. The Bertz CT molecular complexity index is 1060. The molecule has 1 saturated heterocycles. The van der Waals surface area contributed by atoms with Gasteiger partial charge in [0.2, 0.25) is 5.56 Å². The van der Waals surface area contributed by atoms with Crippen LogP contribution in [0.25, 0.3) is 0 Å². The van der Waals surface area contributed by atoms with Gasteiger partial charge >= 0.3 is 6.03 Å². The van der Waals surface area contributed by atoms with E-state index in [1.54, 1.807) is 6.92 Å². The third-order valence-corrected chi connectivity index (χ3v) is 4.91. The summed E-state index contributed by atoms with van der Waals surface area (Å²) in [7, 11) is 0. The number of aryl methyl sites for hydroxylation is 1. The number of fused-ring (bicyclic) bond motifs is 1. The summed E-state index contributed by atoms with van der Waals surface area (Å²) < 4.78 is 13.5. The lowest BCUT2D eigenvalue weighted by molar-refractivity contribution is -0.124. The lowest BCUT2D eigenvalue weighted by Crippen LogP contribution is -2.53. The smallest absolute Gasteiger partial charge is 0.322 e. The fourth-order valence-electron chi connectivity index (χ4n) is 3.68. The van der Waals surface area contributed by atoms with Crippen molar-refractivity contribution in [1.82, 2.24) is 20.5 Å². The number of benzene rings is 1. The molecule has 0 saturated carbocycles. The van der Waals surface area contributed by atoms with Crippen LogP contribution in [0.2, 0.25) is 0 Å². The van der Waals surface area contributed by atoms with Crippen LogP contribution in [0.4, 0.5) is 9.18 Å². The fourth-order valence-corrected chi connectivity index (χ4v) is 3.68. The summed E-state index contributed by atoms with van der Waals surface area (Å²) in [5.74, 6) is -1.51. The number of halogens is 1. The quantitative estimate of drug-likeness (QED) is 0.684. The molecule has 1 fully saturated rings. The number of carbonyl (C=O) groups excluding carboxylic acids is 3. The largest absolute Gasteiger partial charge is 0.331 e. The van der Waals surface area contributed by atoms with Crippen LogP contribution in [-0.2, 0) is 16.9 Å². The number of imide groups is 1. The number of hydrogen-bond donors (Lipinski definition) is 3. The van der Waals surface area contributed by atoms with Crippen LogP contribution in [0.5, 0.6) is 0 Å². The van der Waals surface area contributed by atoms with E-state index < -0.39 is 34.8 Å². The highest BCUT2D eigenvalue weighted by molar-refractivity contribution is 6.08. The monoisotopic (exact) mass is 370 g/mol. The van der Waals surface area contributed by atoms with E-state index in [2.05, 4.69) is 15.6 Å². The Labute approximate surface area is 152 Å². The van der Waals surface area contributed by atoms with Gasteiger partial charge < -0.3 is 15.2 Å². The zero-order valence-electron chi connectivity index (χ0n) is 14.3. The molecule has 1 aromatic carbocycles. The second-order valence-electron chi connectivity index (χ2n) is 6.67. The Morgan fingerprint density at radius 3 is 2.63 bits per heavy atom. The number of urea groups is 1. The molecule has 3 heterocycles. The van der Waals surface area contributed by atoms with Crippen molar-refractivity contribution >= 4 is 17.8 Å². The fraction of sp³-hybridized carbons (Fsp3) is 0.222. The first-order chi connectivity index (χ1) is 12.8. The standard InChI is InChI=1S/C18H15FN4O4/c1-9-4-11(19)2-3-13(9)18(16(26)21-17(27)22-18)8-23-7-10-6-20-14(24)5-12(10)15(23)25/h2-6H,7-8H2,1H3,(H,20,24)(H2,21,22,26,27)/t18-/m0/s1. The Morgan fingerprint density at radius 1 is 1.19 bits per heavy atom. The van der Waals surface area contributed by atoms with Crippen LogP contribution in [0.1, 0.15) is 27.0 Å². The molecule has 9 heteroatoms. The van der Waals surface area contributed by atoms with Gasteiger partial charge in [0, 0.05) is 24.4 Å². The van der Waals surface area contributed by atoms with E-state index in [9.17, 15) is 23.6 Å². The average Bonchev–Trinajstić information content (AvgIpc) is 3.05. The van der Waals surface area contributed by atoms with E-state index in [-0.39, 0.29) is 18.7 Å². The predicted octanol–water partition coefficient (Wildman–Crippen LogP) is 0.513. The summed E-state index contributed by atoms with van der Waals surface area (Å²) in [6, 6.07) is 4.39. The van der Waals surface area contributed by atoms with E-state index in [1.165, 1.54) is 35.4 Å². The molecule has 27 heavy (non-hydrogen) atoms. The van der Waals surface area contributed by atoms with Crippen molar-refractivity contribution in [3.05, 3.63) is 68.9 Å². The molecule has 8 nitrogen and oxygen atoms in total. The molecule has 0 spiro atoms. The summed E-state index contributed by atoms with van der Waals surface area (Å²) in [4.78, 5) is 52.7. The summed E-state index contributed by atoms with van der Waals surface area (Å²) in [5, 5.41) is 4.78. The highest BCUT2D eigenvalue weighted by Crippen LogP contribution is 2.32. The van der Waals surface area contributed by atoms with Gasteiger partial charge in [0.25, 0.3) is 11.8 Å². The van der Waals surface area contributed by atoms with Gasteiger partial charge in [-0.2, -0.15) is 0 Å². The van der Waals surface area contributed by atoms with Gasteiger partial charge in [-0.1, -0.05) is 6.07 Å². The van der Waals surface area contributed by atoms with Gasteiger partial charge in [-0.25, -0.2) is 9.18 Å². The first-order valence-corrected chi connectivity index (χ1v) is 8.21. The van der Waals surface area contributed by atoms with Crippen molar-refractivity contribution in [2.24, 2.45) is 0 Å². The average molecular weight is 370 g/mol. The molecule has 4 amide bonds. The Hall–Kier alpha value is -3.49. The van der Waals surface area contributed by atoms with Gasteiger partial charge in [0.1, 0.15) is 5.82 Å². The number of aromatic amines is 1. The first kappa shape index (κ1) is 17.0. The molecule has 2 aliphatic heterocycles. The maximum absolute atomic E-state index is 13.5. The molecular formula is C18H15FN4O4. The highest BCUT2D eigenvalue weighted by atomic mass is 19.1. The number of nitrogens with one attached hydrogen (secondary N) is 3. The van der Waals surface area contributed by atoms with E-state index in [1.807, 2.05) is 0 Å². The molecule has 2 aromatic rings. The minimum atomic E-state index is -1.55. The van der Waals surface area contributed by atoms with Crippen LogP contribution in [0.3, 0.4) is 0 Å². The van der Waals surface area contributed by atoms with Gasteiger partial charge in [-0.15, -0.1) is 0 Å². The third kappa shape index (κ3) is 2.59. The third-order valence-electron chi connectivity index (χ3n) is 4.91. The SMILES string of the molecule is Cc1cc(F)ccc1[C@]1(CN2Cc3c[nH]c(=O)cc3C2=O)NC(=O)NC1=O. The van der Waals surface area contributed by atoms with Gasteiger partial charge in [-0.3, -0.25) is 19.7 Å². The molecule has 0 unspecified atom stereocenters. The Kier molecular flexibility index (Phi) is 3.62. The summed E-state index contributed by atoms with van der Waals surface area (Å²) in [6.07, 6.45) is 1.46. The van der Waals surface area contributed by atoms with E-state index in [0.717, 1.165) is 0 Å². The Morgan fingerprint density at radius 2 is 1.96 bits per heavy atom. The van der Waals surface area contributed by atoms with E-state index in [4.69, 9.17) is 0 Å². The number of pyridine rings is 1. The molecule has 1 atom stereocenters. The predicted molar refractivity (Wildman–Crippen MR) is 91.3 cm³/mol. The zero-order valence-corrected chi connectivity index (χ0v) is 14.3. The second kappa shape index (κ2) is 5.76. The van der Waals surface area contributed by atoms with Crippen molar-refractivity contribution in [3.8, 4) is 0 Å². The molecule has 0 aliphatic carbocycles. The molecule has 0 radical (unpaired) electrons. The zero-order chi connectivity index (χ0) is 19.3. The van der Waals surface area contributed by atoms with Gasteiger partial charge in [0.15, 0.2) is 5.54 Å². The second-order valence-corrected chi connectivity index (χ2v) is 6.67. The van der Waals surface area contributed by atoms with E-state index >= 15 is 0 Å². The number of carbonyl (C=O) groups is 3. The maximum atomic E-state index is 13.5. The lowest BCUT2D eigenvalue weighted by atomic mass is 9.86. The molecule has 2 aliphatic rings. The van der Waals surface area contributed by atoms with Crippen molar-refractivity contribution in [2.45, 2.75) is 19.0 Å². The normalized spacial score (nSPS) is 21.3. The molecule has 0 bridgehead atoms. The molecule has 3 N–H and O–H groups in total. The van der Waals surface area contributed by atoms with Gasteiger partial charge in [0.05, 0.1) is 12.1 Å².